The maximum absolute atomic E-state index is 9.56. The summed E-state index contributed by atoms with van der Waals surface area (Å²) in [4.78, 5) is 9.56. The van der Waals surface area contributed by atoms with Gasteiger partial charge in [-0.05, 0) is 0 Å². The number of carbonyl (C=O) groups is 1. The predicted molar refractivity (Wildman–Crippen MR) is 21.4 cm³/mol. The Morgan fingerprint density at radius 2 is 1.60 bits per heavy atom. The van der Waals surface area contributed by atoms with Crippen LogP contribution in [0.3, 0.4) is 0 Å². The van der Waals surface area contributed by atoms with Crippen LogP contribution in [-0.4, -0.2) is 35.3 Å². The van der Waals surface area contributed by atoms with Crippen molar-refractivity contribution >= 4 is 35.3 Å². The van der Waals surface area contributed by atoms with E-state index in [1.165, 1.54) is 0 Å². The minimum absolute atomic E-state index is 0. The molecule has 0 N–H and O–H groups in total. The SMILES string of the molecule is O=C1CC1.[NaH]. The van der Waals surface area contributed by atoms with Gasteiger partial charge in [0.05, 0.1) is 0 Å². The minimum atomic E-state index is 0. The quantitative estimate of drug-likeness (QED) is 0.365. The van der Waals surface area contributed by atoms with Crippen LogP contribution in [0.5, 0.6) is 0 Å². The van der Waals surface area contributed by atoms with E-state index >= 15 is 0 Å². The zero-order chi connectivity index (χ0) is 2.99. The molecule has 0 saturated heterocycles. The van der Waals surface area contributed by atoms with Gasteiger partial charge in [0, 0.05) is 12.8 Å². The third kappa shape index (κ3) is 2.47. The second kappa shape index (κ2) is 1.96. The summed E-state index contributed by atoms with van der Waals surface area (Å²) in [6.45, 7) is 0. The number of ketones is 1. The predicted octanol–water partition coefficient (Wildman–Crippen LogP) is -0.299. The molecule has 1 fully saturated rings. The summed E-state index contributed by atoms with van der Waals surface area (Å²) >= 11 is 0. The standard InChI is InChI=1S/C3H4O.Na.H/c4-3-1-2-3;;/h1-2H2;;. The summed E-state index contributed by atoms with van der Waals surface area (Å²) in [6.07, 6.45) is 1.69. The van der Waals surface area contributed by atoms with Crippen molar-refractivity contribution in [1.29, 1.82) is 0 Å². The van der Waals surface area contributed by atoms with Crippen molar-refractivity contribution in [2.75, 3.05) is 0 Å². The molecule has 1 nitrogen and oxygen atoms in total. The zero-order valence-corrected chi connectivity index (χ0v) is 2.32. The van der Waals surface area contributed by atoms with Crippen LogP contribution in [0.2, 0.25) is 0 Å². The van der Waals surface area contributed by atoms with Crippen molar-refractivity contribution in [3.63, 3.8) is 0 Å². The number of Topliss-reactive ketones (excluding diaryl/α,β-unsaturated/α-hetero) is 1. The van der Waals surface area contributed by atoms with Gasteiger partial charge in [-0.1, -0.05) is 0 Å². The van der Waals surface area contributed by atoms with E-state index in [4.69, 9.17) is 0 Å². The van der Waals surface area contributed by atoms with Gasteiger partial charge in [0.25, 0.3) is 0 Å². The molecule has 2 heteroatoms. The molecule has 0 bridgehead atoms. The Labute approximate surface area is 53.0 Å². The normalized spacial score (nSPS) is 17.2. The van der Waals surface area contributed by atoms with E-state index in [9.17, 15) is 4.79 Å². The van der Waals surface area contributed by atoms with Gasteiger partial charge in [-0.3, -0.25) is 4.79 Å². The van der Waals surface area contributed by atoms with Crippen molar-refractivity contribution in [2.24, 2.45) is 0 Å². The van der Waals surface area contributed by atoms with Gasteiger partial charge in [-0.2, -0.15) is 0 Å². The first-order valence-electron chi connectivity index (χ1n) is 1.41. The van der Waals surface area contributed by atoms with Gasteiger partial charge >= 0.3 is 29.6 Å². The van der Waals surface area contributed by atoms with E-state index in [0.29, 0.717) is 5.78 Å². The van der Waals surface area contributed by atoms with Gasteiger partial charge < -0.3 is 0 Å². The van der Waals surface area contributed by atoms with E-state index in [2.05, 4.69) is 0 Å². The van der Waals surface area contributed by atoms with Crippen LogP contribution in [-0.2, 0) is 4.79 Å². The molecule has 0 aromatic rings. The van der Waals surface area contributed by atoms with Gasteiger partial charge in [-0.25, -0.2) is 0 Å². The van der Waals surface area contributed by atoms with Crippen LogP contribution in [0.25, 0.3) is 0 Å². The van der Waals surface area contributed by atoms with Crippen LogP contribution in [0, 0.1) is 0 Å². The summed E-state index contributed by atoms with van der Waals surface area (Å²) in [5, 5.41) is 0. The molecule has 0 aromatic carbocycles. The zero-order valence-electron chi connectivity index (χ0n) is 2.32. The topological polar surface area (TPSA) is 17.1 Å². The van der Waals surface area contributed by atoms with E-state index in [0.717, 1.165) is 12.8 Å². The molecule has 1 aliphatic rings. The summed E-state index contributed by atoms with van der Waals surface area (Å²) < 4.78 is 0. The molecule has 0 atom stereocenters. The number of rotatable bonds is 0. The average molecular weight is 80.1 g/mol. The summed E-state index contributed by atoms with van der Waals surface area (Å²) in [6, 6.07) is 0. The molecule has 0 amide bonds. The van der Waals surface area contributed by atoms with E-state index in [1.54, 1.807) is 0 Å². The fraction of sp³-hybridized carbons (Fsp3) is 0.667. The molecule has 0 radical (unpaired) electrons. The average Bonchev–Trinajstić information content (AvgIpc) is 1.75. The fourth-order valence-electron chi connectivity index (χ4n) is 0.0510. The molecular formula is C3H5NaO. The summed E-state index contributed by atoms with van der Waals surface area (Å²) in [7, 11) is 0. The van der Waals surface area contributed by atoms with Crippen LogP contribution in [0.4, 0.5) is 0 Å². The molecule has 1 saturated carbocycles. The maximum atomic E-state index is 9.56. The molecule has 0 heterocycles. The van der Waals surface area contributed by atoms with Gasteiger partial charge in [-0.15, -0.1) is 0 Å². The number of hydrogen-bond donors (Lipinski definition) is 0. The van der Waals surface area contributed by atoms with Gasteiger partial charge in [0.15, 0.2) is 0 Å². The third-order valence-electron chi connectivity index (χ3n) is 0.454. The number of hydrogen-bond acceptors (Lipinski definition) is 1. The van der Waals surface area contributed by atoms with E-state index < -0.39 is 0 Å². The Bertz CT molecular complexity index is 44.9. The Kier molecular flexibility index (Phi) is 2.22. The number of carbonyl (C=O) groups excluding carboxylic acids is 1. The Hall–Kier alpha value is 0.670. The van der Waals surface area contributed by atoms with E-state index in [-0.39, 0.29) is 29.6 Å². The van der Waals surface area contributed by atoms with Crippen molar-refractivity contribution in [1.82, 2.24) is 0 Å². The first-order valence-corrected chi connectivity index (χ1v) is 1.41. The Balaban J connectivity index is 0.000000160. The van der Waals surface area contributed by atoms with Crippen molar-refractivity contribution in [3.8, 4) is 0 Å². The molecule has 1 aliphatic carbocycles. The van der Waals surface area contributed by atoms with Crippen molar-refractivity contribution in [3.05, 3.63) is 0 Å². The molecular weight excluding hydrogens is 75.0 g/mol. The molecule has 0 aromatic heterocycles. The van der Waals surface area contributed by atoms with Crippen LogP contribution in [0.15, 0.2) is 0 Å². The second-order valence-electron chi connectivity index (χ2n) is 1.04. The van der Waals surface area contributed by atoms with Crippen LogP contribution >= 0.6 is 0 Å². The first kappa shape index (κ1) is 5.67. The van der Waals surface area contributed by atoms with Crippen LogP contribution in [0.1, 0.15) is 12.8 Å². The van der Waals surface area contributed by atoms with Crippen molar-refractivity contribution < 1.29 is 4.79 Å². The molecule has 24 valence electrons. The molecule has 0 spiro atoms. The first-order chi connectivity index (χ1) is 1.89. The Morgan fingerprint density at radius 1 is 1.40 bits per heavy atom. The van der Waals surface area contributed by atoms with Gasteiger partial charge in [0.1, 0.15) is 5.78 Å². The van der Waals surface area contributed by atoms with Gasteiger partial charge in [0.2, 0.25) is 0 Å². The monoisotopic (exact) mass is 80.0 g/mol. The fourth-order valence-corrected chi connectivity index (χ4v) is 0.0510. The molecule has 1 rings (SSSR count). The summed E-state index contributed by atoms with van der Waals surface area (Å²) in [5.74, 6) is 0.417. The van der Waals surface area contributed by atoms with E-state index in [1.807, 2.05) is 0 Å². The van der Waals surface area contributed by atoms with Crippen LogP contribution < -0.4 is 0 Å². The Morgan fingerprint density at radius 3 is 1.60 bits per heavy atom. The molecule has 5 heavy (non-hydrogen) atoms. The summed E-state index contributed by atoms with van der Waals surface area (Å²) in [5.41, 5.74) is 0. The second-order valence-corrected chi connectivity index (χ2v) is 1.04. The molecule has 0 unspecified atom stereocenters. The third-order valence-corrected chi connectivity index (χ3v) is 0.454. The van der Waals surface area contributed by atoms with Crippen molar-refractivity contribution in [2.45, 2.75) is 12.8 Å². The molecule has 0 aliphatic heterocycles.